The molecule has 2 amide bonds. The summed E-state index contributed by atoms with van der Waals surface area (Å²) in [6.07, 6.45) is 1.13. The minimum absolute atomic E-state index is 0.0837. The van der Waals surface area contributed by atoms with E-state index < -0.39 is 18.0 Å². The zero-order valence-electron chi connectivity index (χ0n) is 15.2. The molecule has 7 nitrogen and oxygen atoms in total. The highest BCUT2D eigenvalue weighted by molar-refractivity contribution is 7.98. The minimum atomic E-state index is -0.914. The van der Waals surface area contributed by atoms with Crippen molar-refractivity contribution in [2.45, 2.75) is 24.3 Å². The number of methoxy groups -OCH3 is 1. The Morgan fingerprint density at radius 2 is 2.19 bits per heavy atom. The first kappa shape index (κ1) is 20.3. The van der Waals surface area contributed by atoms with Crippen molar-refractivity contribution >= 4 is 35.2 Å². The van der Waals surface area contributed by atoms with Crippen molar-refractivity contribution in [2.24, 2.45) is 5.92 Å². The van der Waals surface area contributed by atoms with E-state index in [0.29, 0.717) is 13.2 Å². The number of ether oxygens (including phenoxy) is 2. The van der Waals surface area contributed by atoms with Gasteiger partial charge in [-0.2, -0.15) is 0 Å². The van der Waals surface area contributed by atoms with Crippen LogP contribution in [0.4, 0.5) is 5.69 Å². The van der Waals surface area contributed by atoms with Gasteiger partial charge >= 0.3 is 5.97 Å². The summed E-state index contributed by atoms with van der Waals surface area (Å²) in [4.78, 5) is 39.1. The van der Waals surface area contributed by atoms with Crippen LogP contribution in [0, 0.1) is 5.92 Å². The Kier molecular flexibility index (Phi) is 7.47. The Bertz CT molecular complexity index is 667. The van der Waals surface area contributed by atoms with E-state index in [1.165, 1.54) is 14.0 Å². The summed E-state index contributed by atoms with van der Waals surface area (Å²) in [6.45, 7) is 2.50. The van der Waals surface area contributed by atoms with Crippen LogP contribution >= 0.6 is 11.8 Å². The van der Waals surface area contributed by atoms with Gasteiger partial charge in [0.25, 0.3) is 5.91 Å². The third kappa shape index (κ3) is 5.22. The lowest BCUT2D eigenvalue weighted by Gasteiger charge is -2.18. The van der Waals surface area contributed by atoms with Gasteiger partial charge < -0.3 is 19.7 Å². The quantitative estimate of drug-likeness (QED) is 0.417. The lowest BCUT2D eigenvalue weighted by atomic mass is 10.1. The molecule has 1 aromatic rings. The van der Waals surface area contributed by atoms with Gasteiger partial charge in [0.15, 0.2) is 6.10 Å². The summed E-state index contributed by atoms with van der Waals surface area (Å²) in [5.41, 5.74) is 0.766. The highest BCUT2D eigenvalue weighted by Crippen LogP contribution is 2.28. The predicted molar refractivity (Wildman–Crippen MR) is 99.1 cm³/mol. The zero-order chi connectivity index (χ0) is 19.1. The number of anilines is 1. The molecule has 1 aromatic carbocycles. The number of rotatable bonds is 8. The van der Waals surface area contributed by atoms with Gasteiger partial charge in [-0.3, -0.25) is 14.4 Å². The van der Waals surface area contributed by atoms with Crippen LogP contribution in [0.25, 0.3) is 0 Å². The van der Waals surface area contributed by atoms with Crippen LogP contribution in [0.15, 0.2) is 29.2 Å². The van der Waals surface area contributed by atoms with Crippen molar-refractivity contribution in [3.8, 4) is 0 Å². The van der Waals surface area contributed by atoms with E-state index in [0.717, 1.165) is 10.6 Å². The third-order valence-corrected chi connectivity index (χ3v) is 4.82. The van der Waals surface area contributed by atoms with Crippen molar-refractivity contribution in [1.82, 2.24) is 5.32 Å². The number of benzene rings is 1. The number of amides is 2. The van der Waals surface area contributed by atoms with Crippen LogP contribution < -0.4 is 10.2 Å². The molecule has 1 aliphatic rings. The first-order chi connectivity index (χ1) is 12.5. The van der Waals surface area contributed by atoms with Gasteiger partial charge in [-0.05, 0) is 31.4 Å². The second-order valence-electron chi connectivity index (χ2n) is 5.97. The molecule has 2 rings (SSSR count). The van der Waals surface area contributed by atoms with E-state index in [2.05, 4.69) is 5.32 Å². The Balaban J connectivity index is 1.92. The Hall–Kier alpha value is -2.06. The molecule has 26 heavy (non-hydrogen) atoms. The number of nitrogens with one attached hydrogen (secondary N) is 1. The van der Waals surface area contributed by atoms with Gasteiger partial charge in [0.2, 0.25) is 5.91 Å². The van der Waals surface area contributed by atoms with E-state index >= 15 is 0 Å². The summed E-state index contributed by atoms with van der Waals surface area (Å²) in [6, 6.07) is 7.61. The molecular formula is C18H24N2O5S. The first-order valence-corrected chi connectivity index (χ1v) is 9.60. The average Bonchev–Trinajstić information content (AvgIpc) is 3.03. The van der Waals surface area contributed by atoms with Gasteiger partial charge in [-0.25, -0.2) is 0 Å². The fourth-order valence-corrected chi connectivity index (χ4v) is 3.09. The Morgan fingerprint density at radius 1 is 1.42 bits per heavy atom. The molecule has 0 saturated carbocycles. The van der Waals surface area contributed by atoms with Crippen molar-refractivity contribution in [3.05, 3.63) is 24.3 Å². The Morgan fingerprint density at radius 3 is 2.88 bits per heavy atom. The van der Waals surface area contributed by atoms with Gasteiger partial charge in [-0.15, -0.1) is 11.8 Å². The van der Waals surface area contributed by atoms with Gasteiger partial charge in [-0.1, -0.05) is 6.07 Å². The van der Waals surface area contributed by atoms with E-state index in [-0.39, 0.29) is 24.8 Å². The molecule has 2 atom stereocenters. The monoisotopic (exact) mass is 380 g/mol. The lowest BCUT2D eigenvalue weighted by Crippen LogP contribution is -2.38. The van der Waals surface area contributed by atoms with Crippen LogP contribution in [0.5, 0.6) is 0 Å². The summed E-state index contributed by atoms with van der Waals surface area (Å²) in [5, 5.41) is 2.61. The van der Waals surface area contributed by atoms with Crippen LogP contribution in [0.2, 0.25) is 0 Å². The fourth-order valence-electron chi connectivity index (χ4n) is 2.64. The lowest BCUT2D eigenvalue weighted by molar-refractivity contribution is -0.158. The summed E-state index contributed by atoms with van der Waals surface area (Å²) in [5.74, 6) is -1.61. The van der Waals surface area contributed by atoms with Crippen molar-refractivity contribution in [2.75, 3.05) is 38.0 Å². The molecule has 142 valence electrons. The number of hydrogen-bond acceptors (Lipinski definition) is 6. The number of carbonyl (C=O) groups excluding carboxylic acids is 3. The highest BCUT2D eigenvalue weighted by atomic mass is 32.2. The maximum Gasteiger partial charge on any atom is 0.312 e. The fraction of sp³-hybridized carbons (Fsp3) is 0.500. The molecule has 0 spiro atoms. The molecule has 0 aromatic heterocycles. The zero-order valence-corrected chi connectivity index (χ0v) is 16.0. The maximum atomic E-state index is 12.3. The topological polar surface area (TPSA) is 84.9 Å². The summed E-state index contributed by atoms with van der Waals surface area (Å²) in [7, 11) is 1.54. The summed E-state index contributed by atoms with van der Waals surface area (Å²) < 4.78 is 10.1. The molecule has 1 fully saturated rings. The van der Waals surface area contributed by atoms with E-state index in [4.69, 9.17) is 9.47 Å². The van der Waals surface area contributed by atoms with Crippen molar-refractivity contribution in [3.63, 3.8) is 0 Å². The van der Waals surface area contributed by atoms with Crippen molar-refractivity contribution < 1.29 is 23.9 Å². The van der Waals surface area contributed by atoms with E-state index in [1.807, 2.05) is 30.5 Å². The van der Waals surface area contributed by atoms with Crippen molar-refractivity contribution in [1.29, 1.82) is 0 Å². The van der Waals surface area contributed by atoms with E-state index in [1.54, 1.807) is 16.7 Å². The van der Waals surface area contributed by atoms with E-state index in [9.17, 15) is 14.4 Å². The number of esters is 1. The average molecular weight is 380 g/mol. The Labute approximate surface area is 157 Å². The highest BCUT2D eigenvalue weighted by Gasteiger charge is 2.37. The predicted octanol–water partition coefficient (Wildman–Crippen LogP) is 1.46. The molecule has 0 aliphatic carbocycles. The van der Waals surface area contributed by atoms with Crippen LogP contribution in [0.1, 0.15) is 13.3 Å². The SMILES string of the molecule is COCCNC(=O)[C@H](C)OC(=O)[C@H]1CC(=O)N(c2cccc(SC)c2)C1. The number of carbonyl (C=O) groups is 3. The van der Waals surface area contributed by atoms with Crippen LogP contribution in [0.3, 0.4) is 0 Å². The maximum absolute atomic E-state index is 12.3. The molecule has 8 heteroatoms. The first-order valence-electron chi connectivity index (χ1n) is 8.37. The molecule has 0 radical (unpaired) electrons. The third-order valence-electron chi connectivity index (χ3n) is 4.09. The normalized spacial score (nSPS) is 17.9. The van der Waals surface area contributed by atoms with Gasteiger partial charge in [0.1, 0.15) is 0 Å². The molecule has 1 heterocycles. The standard InChI is InChI=1S/C18H24N2O5S/c1-12(17(22)19-7-8-24-2)25-18(23)13-9-16(21)20(11-13)14-5-4-6-15(10-14)26-3/h4-6,10,12-13H,7-9,11H2,1-3H3,(H,19,22)/t12-,13-/m0/s1. The molecular weight excluding hydrogens is 356 g/mol. The molecule has 1 N–H and O–H groups in total. The minimum Gasteiger partial charge on any atom is -0.452 e. The largest absolute Gasteiger partial charge is 0.452 e. The van der Waals surface area contributed by atoms with Gasteiger partial charge in [0, 0.05) is 37.2 Å². The van der Waals surface area contributed by atoms with Gasteiger partial charge in [0.05, 0.1) is 12.5 Å². The van der Waals surface area contributed by atoms with Crippen LogP contribution in [-0.4, -0.2) is 56.9 Å². The smallest absolute Gasteiger partial charge is 0.312 e. The number of thioether (sulfide) groups is 1. The molecule has 0 unspecified atom stereocenters. The molecule has 0 bridgehead atoms. The molecule has 1 aliphatic heterocycles. The number of hydrogen-bond donors (Lipinski definition) is 1. The van der Waals surface area contributed by atoms with Crippen LogP contribution in [-0.2, 0) is 23.9 Å². The second-order valence-corrected chi connectivity index (χ2v) is 6.85. The second kappa shape index (κ2) is 9.59. The summed E-state index contributed by atoms with van der Waals surface area (Å²) >= 11 is 1.59. The number of nitrogens with zero attached hydrogens (tertiary/aromatic N) is 1. The molecule has 1 saturated heterocycles.